The number of unbranched alkanes of at least 4 members (excludes halogenated alkanes) is 1. The molecular weight excluding hydrogens is 542 g/mol. The van der Waals surface area contributed by atoms with Gasteiger partial charge in [0, 0.05) is 29.7 Å². The first-order valence-electron chi connectivity index (χ1n) is 14.9. The quantitative estimate of drug-likeness (QED) is 0.200. The van der Waals surface area contributed by atoms with E-state index in [-0.39, 0.29) is 25.1 Å². The Bertz CT molecular complexity index is 1090. The molecule has 0 heterocycles. The van der Waals surface area contributed by atoms with Gasteiger partial charge in [0.2, 0.25) is 0 Å². The summed E-state index contributed by atoms with van der Waals surface area (Å²) in [6, 6.07) is 13.1. The van der Waals surface area contributed by atoms with Gasteiger partial charge in [0.15, 0.2) is 0 Å². The van der Waals surface area contributed by atoms with Crippen LogP contribution in [0.1, 0.15) is 85.9 Å². The molecule has 0 aliphatic heterocycles. The summed E-state index contributed by atoms with van der Waals surface area (Å²) in [6.45, 7) is 3.86. The van der Waals surface area contributed by atoms with Crippen molar-refractivity contribution < 1.29 is 23.8 Å². The summed E-state index contributed by atoms with van der Waals surface area (Å²) in [5.41, 5.74) is 2.11. The van der Waals surface area contributed by atoms with Gasteiger partial charge in [-0.3, -0.25) is 4.79 Å². The number of amides is 2. The minimum atomic E-state index is -0.537. The van der Waals surface area contributed by atoms with E-state index >= 15 is 0 Å². The molecule has 0 spiro atoms. The van der Waals surface area contributed by atoms with Crippen molar-refractivity contribution in [1.82, 2.24) is 16.0 Å². The number of rotatable bonds is 16. The van der Waals surface area contributed by atoms with Crippen LogP contribution in [0.3, 0.4) is 0 Å². The lowest BCUT2D eigenvalue weighted by Gasteiger charge is -2.27. The second-order valence-corrected chi connectivity index (χ2v) is 11.1. The van der Waals surface area contributed by atoms with Crippen LogP contribution in [-0.4, -0.2) is 58.5 Å². The summed E-state index contributed by atoms with van der Waals surface area (Å²) in [5, 5.41) is 9.74. The zero-order chi connectivity index (χ0) is 29.5. The predicted molar refractivity (Wildman–Crippen MR) is 163 cm³/mol. The van der Waals surface area contributed by atoms with Crippen molar-refractivity contribution in [2.75, 3.05) is 40.5 Å². The molecule has 0 saturated heterocycles. The molecule has 0 aromatic heterocycles. The average molecular weight is 588 g/mol. The fourth-order valence-electron chi connectivity index (χ4n) is 5.31. The molecule has 8 nitrogen and oxygen atoms in total. The molecule has 0 radical (unpaired) electrons. The first-order valence-corrected chi connectivity index (χ1v) is 15.2. The van der Waals surface area contributed by atoms with E-state index in [4.69, 9.17) is 21.1 Å². The van der Waals surface area contributed by atoms with Crippen LogP contribution in [0, 0.1) is 5.92 Å². The van der Waals surface area contributed by atoms with E-state index in [0.717, 1.165) is 30.4 Å². The number of carbonyl (C=O) groups excluding carboxylic acids is 2. The minimum absolute atomic E-state index is 0.0353. The van der Waals surface area contributed by atoms with Crippen molar-refractivity contribution in [1.29, 1.82) is 0 Å². The molecule has 0 bridgehead atoms. The maximum Gasteiger partial charge on any atom is 0.406 e. The number of likely N-dealkylation sites (N-methyl/N-ethyl adjacent to an activating group) is 1. The fraction of sp³-hybridized carbons (Fsp3) is 0.562. The molecule has 1 saturated carbocycles. The van der Waals surface area contributed by atoms with Gasteiger partial charge in [-0.2, -0.15) is 0 Å². The van der Waals surface area contributed by atoms with E-state index in [0.29, 0.717) is 35.4 Å². The van der Waals surface area contributed by atoms with Gasteiger partial charge >= 0.3 is 6.09 Å². The lowest BCUT2D eigenvalue weighted by molar-refractivity contribution is 0.0802. The smallest absolute Gasteiger partial charge is 0.406 e. The summed E-state index contributed by atoms with van der Waals surface area (Å²) in [6.07, 6.45) is 8.11. The Morgan fingerprint density at radius 3 is 2.56 bits per heavy atom. The molecule has 2 amide bonds. The zero-order valence-electron chi connectivity index (χ0n) is 24.7. The van der Waals surface area contributed by atoms with Gasteiger partial charge in [-0.05, 0) is 67.3 Å². The molecular formula is C32H46ClN3O5. The third-order valence-electron chi connectivity index (χ3n) is 7.38. The summed E-state index contributed by atoms with van der Waals surface area (Å²) in [7, 11) is 3.24. The van der Waals surface area contributed by atoms with Crippen LogP contribution in [-0.2, 0) is 9.47 Å². The van der Waals surface area contributed by atoms with E-state index in [1.807, 2.05) is 37.4 Å². The fourth-order valence-corrected chi connectivity index (χ4v) is 5.51. The summed E-state index contributed by atoms with van der Waals surface area (Å²) in [5.74, 6) is 1.11. The van der Waals surface area contributed by atoms with Gasteiger partial charge in [-0.25, -0.2) is 4.79 Å². The van der Waals surface area contributed by atoms with Crippen LogP contribution in [0.5, 0.6) is 5.75 Å². The number of nitrogens with one attached hydrogen (secondary N) is 3. The molecule has 2 aromatic carbocycles. The van der Waals surface area contributed by atoms with Crippen molar-refractivity contribution in [2.45, 2.75) is 70.4 Å². The Hall–Kier alpha value is -2.81. The number of hydrogen-bond donors (Lipinski definition) is 3. The van der Waals surface area contributed by atoms with Crippen LogP contribution in [0.25, 0.3) is 0 Å². The van der Waals surface area contributed by atoms with Gasteiger partial charge in [0.05, 0.1) is 20.3 Å². The van der Waals surface area contributed by atoms with E-state index in [9.17, 15) is 9.59 Å². The summed E-state index contributed by atoms with van der Waals surface area (Å²) < 4.78 is 17.0. The van der Waals surface area contributed by atoms with Crippen molar-refractivity contribution in [3.05, 3.63) is 64.2 Å². The highest BCUT2D eigenvalue weighted by Crippen LogP contribution is 2.32. The van der Waals surface area contributed by atoms with Crippen LogP contribution < -0.4 is 20.7 Å². The number of ether oxygens (including phenoxy) is 3. The number of alkyl carbamates (subject to hydrolysis) is 1. The molecule has 3 rings (SSSR count). The first kappa shape index (κ1) is 32.7. The number of halogens is 1. The second-order valence-electron chi connectivity index (χ2n) is 10.7. The monoisotopic (exact) mass is 587 g/mol. The zero-order valence-corrected chi connectivity index (χ0v) is 25.4. The minimum Gasteiger partial charge on any atom is -0.494 e. The lowest BCUT2D eigenvalue weighted by Crippen LogP contribution is -2.42. The van der Waals surface area contributed by atoms with Crippen molar-refractivity contribution in [3.63, 3.8) is 0 Å². The van der Waals surface area contributed by atoms with Gasteiger partial charge in [0.1, 0.15) is 11.9 Å². The van der Waals surface area contributed by atoms with Crippen LogP contribution in [0.15, 0.2) is 42.5 Å². The average Bonchev–Trinajstić information content (AvgIpc) is 2.97. The molecule has 2 aromatic rings. The lowest BCUT2D eigenvalue weighted by atomic mass is 9.84. The van der Waals surface area contributed by atoms with Crippen molar-refractivity contribution in [2.24, 2.45) is 5.92 Å². The molecule has 1 fully saturated rings. The molecule has 3 N–H and O–H groups in total. The van der Waals surface area contributed by atoms with E-state index in [2.05, 4.69) is 27.6 Å². The summed E-state index contributed by atoms with van der Waals surface area (Å²) >= 11 is 6.34. The Morgan fingerprint density at radius 2 is 1.85 bits per heavy atom. The third-order valence-corrected chi connectivity index (χ3v) is 7.62. The van der Waals surface area contributed by atoms with Crippen molar-refractivity contribution in [3.8, 4) is 5.75 Å². The Labute approximate surface area is 249 Å². The molecule has 1 aliphatic carbocycles. The van der Waals surface area contributed by atoms with Gasteiger partial charge in [-0.15, -0.1) is 0 Å². The number of methoxy groups -OCH3 is 1. The van der Waals surface area contributed by atoms with E-state index in [1.165, 1.54) is 39.2 Å². The molecule has 226 valence electrons. The van der Waals surface area contributed by atoms with Crippen LogP contribution >= 0.6 is 11.6 Å². The third kappa shape index (κ3) is 11.2. The molecule has 9 heteroatoms. The SMILES string of the molecule is CCCCOc1cc(C(=O)N[C@H](CNC)CC2CCCCC2)cc(C(OCCNC(=O)OC)c2cccc(Cl)c2)c1. The van der Waals surface area contributed by atoms with Gasteiger partial charge < -0.3 is 30.2 Å². The largest absolute Gasteiger partial charge is 0.494 e. The van der Waals surface area contributed by atoms with Gasteiger partial charge in [0.25, 0.3) is 5.91 Å². The molecule has 1 unspecified atom stereocenters. The second kappa shape index (κ2) is 17.9. The molecule has 1 aliphatic rings. The highest BCUT2D eigenvalue weighted by molar-refractivity contribution is 6.30. The highest BCUT2D eigenvalue weighted by atomic mass is 35.5. The number of carbonyl (C=O) groups is 2. The number of hydrogen-bond acceptors (Lipinski definition) is 6. The molecule has 41 heavy (non-hydrogen) atoms. The standard InChI is InChI=1S/C32H46ClN3O5/c1-4-5-15-40-29-20-25(30(24-12-9-13-27(33)19-24)41-16-14-35-32(38)39-3)18-26(21-29)31(37)36-28(22-34-2)17-23-10-7-6-8-11-23/h9,12-13,18-21,23,28,30,34H,4-8,10-11,14-17,22H2,1-3H3,(H,35,38)(H,36,37)/t28-,30?/m0/s1. The van der Waals surface area contributed by atoms with E-state index < -0.39 is 12.2 Å². The van der Waals surface area contributed by atoms with Crippen LogP contribution in [0.4, 0.5) is 4.79 Å². The van der Waals surface area contributed by atoms with Crippen molar-refractivity contribution >= 4 is 23.6 Å². The Morgan fingerprint density at radius 1 is 1.05 bits per heavy atom. The first-order chi connectivity index (χ1) is 19.9. The van der Waals surface area contributed by atoms with E-state index in [1.54, 1.807) is 12.1 Å². The predicted octanol–water partition coefficient (Wildman–Crippen LogP) is 6.27. The van der Waals surface area contributed by atoms with Gasteiger partial charge in [-0.1, -0.05) is 69.2 Å². The summed E-state index contributed by atoms with van der Waals surface area (Å²) in [4.78, 5) is 25.2. The number of benzene rings is 2. The topological polar surface area (TPSA) is 97.9 Å². The Balaban J connectivity index is 1.88. The maximum atomic E-state index is 13.7. The maximum absolute atomic E-state index is 13.7. The highest BCUT2D eigenvalue weighted by Gasteiger charge is 2.23. The molecule has 2 atom stereocenters. The van der Waals surface area contributed by atoms with Crippen LogP contribution in [0.2, 0.25) is 5.02 Å². The Kier molecular flexibility index (Phi) is 14.3. The normalized spacial score (nSPS) is 15.1.